The zero-order valence-corrected chi connectivity index (χ0v) is 20.9. The van der Waals surface area contributed by atoms with Crippen molar-refractivity contribution in [3.63, 3.8) is 0 Å². The molecular formula is C25H28ClFN4O3S. The lowest BCUT2D eigenvalue weighted by molar-refractivity contribution is -0.124. The first kappa shape index (κ1) is 23.3. The molecule has 35 heavy (non-hydrogen) atoms. The van der Waals surface area contributed by atoms with Crippen LogP contribution < -0.4 is 5.32 Å². The Balaban J connectivity index is 1.18. The topological polar surface area (TPSA) is 92.3 Å². The van der Waals surface area contributed by atoms with E-state index >= 15 is 0 Å². The molecule has 1 amide bonds. The van der Waals surface area contributed by atoms with Crippen molar-refractivity contribution in [2.75, 3.05) is 11.9 Å². The van der Waals surface area contributed by atoms with Crippen LogP contribution in [-0.4, -0.2) is 35.1 Å². The Hall–Kier alpha value is -2.10. The van der Waals surface area contributed by atoms with Crippen molar-refractivity contribution < 1.29 is 17.6 Å². The van der Waals surface area contributed by atoms with Gasteiger partial charge in [0, 0.05) is 23.6 Å². The van der Waals surface area contributed by atoms with Crippen molar-refractivity contribution in [2.45, 2.75) is 62.8 Å². The number of carbonyl (C=O) groups is 1. The summed E-state index contributed by atoms with van der Waals surface area (Å²) >= 11 is 5.91. The molecule has 4 aliphatic carbocycles. The van der Waals surface area contributed by atoms with E-state index in [-0.39, 0.29) is 29.4 Å². The first-order valence-electron chi connectivity index (χ1n) is 12.3. The van der Waals surface area contributed by atoms with Crippen LogP contribution in [0.25, 0.3) is 0 Å². The molecule has 2 aromatic rings. The molecule has 4 bridgehead atoms. The number of nitrogens with one attached hydrogen (secondary N) is 1. The van der Waals surface area contributed by atoms with E-state index in [1.165, 1.54) is 36.0 Å². The van der Waals surface area contributed by atoms with Crippen molar-refractivity contribution in [2.24, 2.45) is 23.2 Å². The summed E-state index contributed by atoms with van der Waals surface area (Å²) in [5.74, 6) is 1.91. The maximum absolute atomic E-state index is 14.3. The van der Waals surface area contributed by atoms with Gasteiger partial charge in [-0.05, 0) is 86.3 Å². The minimum Gasteiger partial charge on any atom is -0.310 e. The van der Waals surface area contributed by atoms with E-state index in [4.69, 9.17) is 11.6 Å². The fraction of sp³-hybridized carbons (Fsp3) is 0.560. The Morgan fingerprint density at radius 2 is 1.83 bits per heavy atom. The zero-order valence-electron chi connectivity index (χ0n) is 19.3. The van der Waals surface area contributed by atoms with E-state index in [0.717, 1.165) is 54.7 Å². The van der Waals surface area contributed by atoms with Crippen molar-refractivity contribution in [1.82, 2.24) is 14.3 Å². The summed E-state index contributed by atoms with van der Waals surface area (Å²) < 4.78 is 41.7. The molecule has 1 aromatic carbocycles. The largest absolute Gasteiger partial charge is 0.310 e. The van der Waals surface area contributed by atoms with E-state index in [2.05, 4.69) is 15.3 Å². The Labute approximate surface area is 209 Å². The highest BCUT2D eigenvalue weighted by atomic mass is 35.5. The number of hydrogen-bond acceptors (Lipinski definition) is 5. The van der Waals surface area contributed by atoms with Gasteiger partial charge in [0.25, 0.3) is 0 Å². The number of amides is 1. The number of hydrogen-bond donors (Lipinski definition) is 1. The summed E-state index contributed by atoms with van der Waals surface area (Å²) in [4.78, 5) is 21.3. The molecule has 7 nitrogen and oxygen atoms in total. The molecule has 1 aliphatic heterocycles. The number of rotatable bonds is 5. The number of halogens is 2. The zero-order chi connectivity index (χ0) is 24.4. The molecule has 0 saturated heterocycles. The molecule has 1 aromatic heterocycles. The highest BCUT2D eigenvalue weighted by Gasteiger charge is 2.51. The molecule has 7 rings (SSSR count). The van der Waals surface area contributed by atoms with Gasteiger partial charge in [0.2, 0.25) is 15.9 Å². The molecule has 0 unspecified atom stereocenters. The molecule has 4 saturated carbocycles. The summed E-state index contributed by atoms with van der Waals surface area (Å²) in [5, 5.41) is 3.16. The van der Waals surface area contributed by atoms with Gasteiger partial charge < -0.3 is 5.32 Å². The molecule has 1 N–H and O–H groups in total. The number of benzene rings is 1. The number of sulfonamides is 1. The van der Waals surface area contributed by atoms with Crippen LogP contribution in [0.5, 0.6) is 0 Å². The maximum atomic E-state index is 14.3. The van der Waals surface area contributed by atoms with E-state index < -0.39 is 20.7 Å². The number of anilines is 1. The van der Waals surface area contributed by atoms with Crippen LogP contribution >= 0.6 is 11.6 Å². The first-order chi connectivity index (χ1) is 16.7. The molecule has 5 aliphatic rings. The fourth-order valence-corrected chi connectivity index (χ4v) is 9.21. The summed E-state index contributed by atoms with van der Waals surface area (Å²) in [7, 11) is -4.10. The molecule has 4 fully saturated rings. The molecule has 2 heterocycles. The third kappa shape index (κ3) is 4.25. The lowest BCUT2D eigenvalue weighted by atomic mass is 9.49. The van der Waals surface area contributed by atoms with E-state index in [1.807, 2.05) is 0 Å². The second-order valence-electron chi connectivity index (χ2n) is 11.0. The number of fused-ring (bicyclic) bond motifs is 1. The highest BCUT2D eigenvalue weighted by molar-refractivity contribution is 7.89. The quantitative estimate of drug-likeness (QED) is 0.626. The Bertz CT molecular complexity index is 1270. The number of carbonyl (C=O) groups excluding carboxylic acids is 1. The predicted octanol–water partition coefficient (Wildman–Crippen LogP) is 4.56. The highest BCUT2D eigenvalue weighted by Crippen LogP contribution is 2.61. The lowest BCUT2D eigenvalue weighted by Crippen LogP contribution is -2.47. The van der Waals surface area contributed by atoms with Crippen molar-refractivity contribution in [3.8, 4) is 0 Å². The summed E-state index contributed by atoms with van der Waals surface area (Å²) in [6, 6.07) is 3.48. The predicted molar refractivity (Wildman–Crippen MR) is 129 cm³/mol. The average Bonchev–Trinajstić information content (AvgIpc) is 2.79. The van der Waals surface area contributed by atoms with Crippen LogP contribution in [0, 0.1) is 29.0 Å². The lowest BCUT2D eigenvalue weighted by Gasteiger charge is -2.56. The van der Waals surface area contributed by atoms with Gasteiger partial charge in [-0.2, -0.15) is 4.31 Å². The van der Waals surface area contributed by atoms with E-state index in [9.17, 15) is 17.6 Å². The number of nitrogens with zero attached hydrogens (tertiary/aromatic N) is 3. The molecule has 186 valence electrons. The SMILES string of the molecule is O=C(CC12CC3CC(CC(C3)C1)C2)Nc1ncnc2c1CCN(S(=O)(=O)c1cc(Cl)ccc1F)C2. The fourth-order valence-electron chi connectivity index (χ4n) is 7.48. The first-order valence-corrected chi connectivity index (χ1v) is 14.1. The van der Waals surface area contributed by atoms with Gasteiger partial charge in [0.05, 0.1) is 12.2 Å². The molecular weight excluding hydrogens is 491 g/mol. The van der Waals surface area contributed by atoms with Gasteiger partial charge in [-0.1, -0.05) is 11.6 Å². The van der Waals surface area contributed by atoms with Crippen LogP contribution in [0.4, 0.5) is 10.2 Å². The van der Waals surface area contributed by atoms with Gasteiger partial charge in [-0.25, -0.2) is 22.8 Å². The average molecular weight is 519 g/mol. The standard InChI is InChI=1S/C25H28ClFN4O3S/c26-18-1-2-20(27)22(8-18)35(33,34)31-4-3-19-21(13-31)28-14-29-24(19)30-23(32)12-25-9-15-5-16(10-25)7-17(6-15)11-25/h1-2,8,14-17H,3-7,9-13H2,(H,28,29,30,32). The third-order valence-corrected chi connectivity index (χ3v) is 10.5. The summed E-state index contributed by atoms with van der Waals surface area (Å²) in [6.45, 7) is 0.108. The van der Waals surface area contributed by atoms with Crippen LogP contribution in [0.3, 0.4) is 0 Å². The number of aromatic nitrogens is 2. The van der Waals surface area contributed by atoms with Gasteiger partial charge in [0.1, 0.15) is 22.9 Å². The molecule has 0 radical (unpaired) electrons. The minimum absolute atomic E-state index is 0.0238. The van der Waals surface area contributed by atoms with E-state index in [1.54, 1.807) is 0 Å². The van der Waals surface area contributed by atoms with Crippen LogP contribution in [0.1, 0.15) is 56.2 Å². The van der Waals surface area contributed by atoms with Crippen LogP contribution in [-0.2, 0) is 27.8 Å². The van der Waals surface area contributed by atoms with Crippen LogP contribution in [0.15, 0.2) is 29.4 Å². The Morgan fingerprint density at radius 3 is 2.51 bits per heavy atom. The van der Waals surface area contributed by atoms with E-state index in [0.29, 0.717) is 24.4 Å². The van der Waals surface area contributed by atoms with Gasteiger partial charge >= 0.3 is 0 Å². The maximum Gasteiger partial charge on any atom is 0.246 e. The Morgan fingerprint density at radius 1 is 1.14 bits per heavy atom. The minimum atomic E-state index is -4.10. The normalized spacial score (nSPS) is 29.7. The molecule has 0 atom stereocenters. The van der Waals surface area contributed by atoms with Gasteiger partial charge in [0.15, 0.2) is 0 Å². The van der Waals surface area contributed by atoms with Gasteiger partial charge in [-0.3, -0.25) is 4.79 Å². The van der Waals surface area contributed by atoms with Crippen molar-refractivity contribution >= 4 is 33.3 Å². The molecule has 10 heteroatoms. The van der Waals surface area contributed by atoms with Crippen molar-refractivity contribution in [3.05, 3.63) is 46.6 Å². The second kappa shape index (κ2) is 8.49. The van der Waals surface area contributed by atoms with Gasteiger partial charge in [-0.15, -0.1) is 0 Å². The second-order valence-corrected chi connectivity index (χ2v) is 13.3. The monoisotopic (exact) mass is 518 g/mol. The summed E-state index contributed by atoms with van der Waals surface area (Å²) in [6.07, 6.45) is 9.64. The smallest absolute Gasteiger partial charge is 0.246 e. The molecule has 0 spiro atoms. The summed E-state index contributed by atoms with van der Waals surface area (Å²) in [5.41, 5.74) is 1.38. The van der Waals surface area contributed by atoms with Crippen LogP contribution in [0.2, 0.25) is 5.02 Å². The third-order valence-electron chi connectivity index (χ3n) is 8.44. The van der Waals surface area contributed by atoms with Crippen molar-refractivity contribution in [1.29, 1.82) is 0 Å². The Kier molecular flexibility index (Phi) is 5.65.